The first-order valence-corrected chi connectivity index (χ1v) is 9.80. The number of hydrogen-bond acceptors (Lipinski definition) is 3. The van der Waals surface area contributed by atoms with Crippen molar-refractivity contribution >= 4 is 44.9 Å². The van der Waals surface area contributed by atoms with Gasteiger partial charge in [-0.2, -0.15) is 5.26 Å². The van der Waals surface area contributed by atoms with Crippen LogP contribution >= 0.6 is 11.6 Å². The number of nitriles is 1. The minimum absolute atomic E-state index is 0.0276. The summed E-state index contributed by atoms with van der Waals surface area (Å²) >= 11 is 6.25. The molecule has 0 spiro atoms. The summed E-state index contributed by atoms with van der Waals surface area (Å²) in [7, 11) is 0. The lowest BCUT2D eigenvalue weighted by molar-refractivity contribution is 0.0984. The Bertz CT molecular complexity index is 1340. The molecule has 5 rings (SSSR count). The largest absolute Gasteiger partial charge is 0.507 e. The number of halogens is 1. The van der Waals surface area contributed by atoms with E-state index in [0.717, 1.165) is 21.7 Å². The lowest BCUT2D eigenvalue weighted by Crippen LogP contribution is -2.30. The number of phenolic OH excluding ortho intramolecular Hbond substituents is 1. The molecular formula is C23H16ClN3O2. The number of phenols is 1. The highest BCUT2D eigenvalue weighted by Crippen LogP contribution is 2.45. The molecule has 1 atom stereocenters. The van der Waals surface area contributed by atoms with Gasteiger partial charge in [-0.15, -0.1) is 11.6 Å². The average molecular weight is 402 g/mol. The SMILES string of the molecule is N#Cc1cccc2cc(C(=O)N3C[C@@H](CCl)c4c3cc(O)c3ccccc43)[nH]c12. The Hall–Kier alpha value is -3.49. The summed E-state index contributed by atoms with van der Waals surface area (Å²) < 4.78 is 0. The van der Waals surface area contributed by atoms with E-state index in [0.29, 0.717) is 34.9 Å². The number of anilines is 1. The van der Waals surface area contributed by atoms with Crippen LogP contribution in [-0.2, 0) is 0 Å². The molecular weight excluding hydrogens is 386 g/mol. The highest BCUT2D eigenvalue weighted by Gasteiger charge is 2.35. The van der Waals surface area contributed by atoms with Crippen molar-refractivity contribution in [2.45, 2.75) is 5.92 Å². The van der Waals surface area contributed by atoms with Gasteiger partial charge in [-0.3, -0.25) is 4.79 Å². The number of H-pyrrole nitrogens is 1. The van der Waals surface area contributed by atoms with Gasteiger partial charge in [-0.25, -0.2) is 0 Å². The van der Waals surface area contributed by atoms with E-state index in [4.69, 9.17) is 11.6 Å². The molecule has 6 heteroatoms. The van der Waals surface area contributed by atoms with Gasteiger partial charge >= 0.3 is 0 Å². The quantitative estimate of drug-likeness (QED) is 0.470. The summed E-state index contributed by atoms with van der Waals surface area (Å²) in [5.74, 6) is 0.265. The molecule has 1 amide bonds. The minimum Gasteiger partial charge on any atom is -0.507 e. The highest BCUT2D eigenvalue weighted by molar-refractivity contribution is 6.19. The number of carbonyl (C=O) groups excluding carboxylic acids is 1. The van der Waals surface area contributed by atoms with E-state index in [2.05, 4.69) is 11.1 Å². The highest BCUT2D eigenvalue weighted by atomic mass is 35.5. The Morgan fingerprint density at radius 1 is 1.21 bits per heavy atom. The van der Waals surface area contributed by atoms with E-state index in [1.807, 2.05) is 30.3 Å². The number of aromatic hydroxyl groups is 1. The number of carbonyl (C=O) groups is 1. The fraction of sp³-hybridized carbons (Fsp3) is 0.130. The Kier molecular flexibility index (Phi) is 3.97. The van der Waals surface area contributed by atoms with Gasteiger partial charge in [0.05, 0.1) is 16.8 Å². The van der Waals surface area contributed by atoms with E-state index in [9.17, 15) is 15.2 Å². The van der Waals surface area contributed by atoms with Gasteiger partial charge in [0.2, 0.25) is 0 Å². The van der Waals surface area contributed by atoms with E-state index in [-0.39, 0.29) is 17.6 Å². The molecule has 4 aromatic rings. The molecule has 2 N–H and O–H groups in total. The second-order valence-electron chi connectivity index (χ2n) is 7.21. The van der Waals surface area contributed by atoms with Gasteiger partial charge in [-0.1, -0.05) is 36.4 Å². The summed E-state index contributed by atoms with van der Waals surface area (Å²) in [6.07, 6.45) is 0. The van der Waals surface area contributed by atoms with Crippen molar-refractivity contribution in [3.05, 3.63) is 71.4 Å². The number of aromatic amines is 1. The number of nitrogens with one attached hydrogen (secondary N) is 1. The summed E-state index contributed by atoms with van der Waals surface area (Å²) in [6.45, 7) is 0.436. The Balaban J connectivity index is 1.66. The second kappa shape index (κ2) is 6.54. The van der Waals surface area contributed by atoms with Gasteiger partial charge in [0.15, 0.2) is 0 Å². The van der Waals surface area contributed by atoms with Gasteiger partial charge in [0.25, 0.3) is 5.91 Å². The topological polar surface area (TPSA) is 80.1 Å². The third-order valence-electron chi connectivity index (χ3n) is 5.58. The zero-order valence-electron chi connectivity index (χ0n) is 15.3. The van der Waals surface area contributed by atoms with Crippen LogP contribution in [0.1, 0.15) is 27.5 Å². The van der Waals surface area contributed by atoms with E-state index < -0.39 is 0 Å². The number of amides is 1. The molecule has 3 aromatic carbocycles. The summed E-state index contributed by atoms with van der Waals surface area (Å²) in [5, 5.41) is 22.3. The van der Waals surface area contributed by atoms with Gasteiger partial charge < -0.3 is 15.0 Å². The number of nitrogens with zero attached hydrogens (tertiary/aromatic N) is 2. The molecule has 0 aliphatic carbocycles. The molecule has 0 saturated carbocycles. The number of rotatable bonds is 2. The van der Waals surface area contributed by atoms with Crippen LogP contribution in [0.15, 0.2) is 54.6 Å². The Labute approximate surface area is 171 Å². The van der Waals surface area contributed by atoms with E-state index >= 15 is 0 Å². The Morgan fingerprint density at radius 2 is 2.00 bits per heavy atom. The molecule has 0 saturated heterocycles. The molecule has 142 valence electrons. The molecule has 5 nitrogen and oxygen atoms in total. The summed E-state index contributed by atoms with van der Waals surface area (Å²) in [5.41, 5.74) is 3.20. The van der Waals surface area contributed by atoms with Crippen molar-refractivity contribution < 1.29 is 9.90 Å². The van der Waals surface area contributed by atoms with Crippen LogP contribution in [0.3, 0.4) is 0 Å². The van der Waals surface area contributed by atoms with Crippen LogP contribution < -0.4 is 4.90 Å². The predicted octanol–water partition coefficient (Wildman–Crippen LogP) is 4.88. The summed E-state index contributed by atoms with van der Waals surface area (Å²) in [6, 6.07) is 18.5. The van der Waals surface area contributed by atoms with Crippen molar-refractivity contribution in [3.8, 4) is 11.8 Å². The van der Waals surface area contributed by atoms with Gasteiger partial charge in [-0.05, 0) is 23.1 Å². The zero-order chi connectivity index (χ0) is 20.1. The van der Waals surface area contributed by atoms with E-state index in [1.165, 1.54) is 0 Å². The maximum absolute atomic E-state index is 13.4. The van der Waals surface area contributed by atoms with Gasteiger partial charge in [0.1, 0.15) is 17.5 Å². The number of para-hydroxylation sites is 1. The maximum Gasteiger partial charge on any atom is 0.274 e. The number of fused-ring (bicyclic) bond motifs is 4. The van der Waals surface area contributed by atoms with Crippen LogP contribution in [0.5, 0.6) is 5.75 Å². The first-order chi connectivity index (χ1) is 14.1. The van der Waals surface area contributed by atoms with Crippen molar-refractivity contribution in [2.75, 3.05) is 17.3 Å². The molecule has 2 heterocycles. The molecule has 1 aliphatic heterocycles. The van der Waals surface area contributed by atoms with Crippen LogP contribution in [0.2, 0.25) is 0 Å². The van der Waals surface area contributed by atoms with Crippen LogP contribution in [0.4, 0.5) is 5.69 Å². The lowest BCUT2D eigenvalue weighted by Gasteiger charge is -2.17. The van der Waals surface area contributed by atoms with Gasteiger partial charge in [0, 0.05) is 35.2 Å². The molecule has 0 bridgehead atoms. The third kappa shape index (κ3) is 2.57. The minimum atomic E-state index is -0.214. The van der Waals surface area contributed by atoms with Crippen molar-refractivity contribution in [3.63, 3.8) is 0 Å². The van der Waals surface area contributed by atoms with E-state index in [1.54, 1.807) is 29.2 Å². The van der Waals surface area contributed by atoms with Crippen LogP contribution in [-0.4, -0.2) is 28.4 Å². The number of aromatic nitrogens is 1. The van der Waals surface area contributed by atoms with Crippen molar-refractivity contribution in [1.82, 2.24) is 4.98 Å². The number of benzene rings is 3. The smallest absolute Gasteiger partial charge is 0.274 e. The van der Waals surface area contributed by atoms with Crippen molar-refractivity contribution in [1.29, 1.82) is 5.26 Å². The average Bonchev–Trinajstić information content (AvgIpc) is 3.35. The molecule has 1 aromatic heterocycles. The fourth-order valence-electron chi connectivity index (χ4n) is 4.25. The van der Waals surface area contributed by atoms with Crippen molar-refractivity contribution in [2.24, 2.45) is 0 Å². The normalized spacial score (nSPS) is 15.6. The maximum atomic E-state index is 13.4. The summed E-state index contributed by atoms with van der Waals surface area (Å²) in [4.78, 5) is 18.1. The standard InChI is InChI=1S/C23H16ClN3O2/c24-10-15-12-27(19-9-20(28)16-6-1-2-7-17(16)21(15)19)23(29)18-8-13-4-3-5-14(11-25)22(13)26-18/h1-9,15,26,28H,10,12H2/t15-/m1/s1. The molecule has 0 unspecified atom stereocenters. The predicted molar refractivity (Wildman–Crippen MR) is 114 cm³/mol. The molecule has 0 fully saturated rings. The Morgan fingerprint density at radius 3 is 2.76 bits per heavy atom. The first kappa shape index (κ1) is 17.6. The molecule has 29 heavy (non-hydrogen) atoms. The first-order valence-electron chi connectivity index (χ1n) is 9.26. The number of hydrogen-bond donors (Lipinski definition) is 2. The third-order valence-corrected chi connectivity index (χ3v) is 5.96. The number of alkyl halides is 1. The van der Waals surface area contributed by atoms with Crippen LogP contribution in [0, 0.1) is 11.3 Å². The van der Waals surface area contributed by atoms with Crippen LogP contribution in [0.25, 0.3) is 21.7 Å². The molecule has 0 radical (unpaired) electrons. The lowest BCUT2D eigenvalue weighted by atomic mass is 9.95. The fourth-order valence-corrected chi connectivity index (χ4v) is 4.51. The second-order valence-corrected chi connectivity index (χ2v) is 7.51. The monoisotopic (exact) mass is 401 g/mol. The zero-order valence-corrected chi connectivity index (χ0v) is 16.1. The molecule has 1 aliphatic rings.